The highest BCUT2D eigenvalue weighted by Crippen LogP contribution is 2.37. The number of rotatable bonds is 3. The topological polar surface area (TPSA) is 101 Å². The molecule has 3 aliphatic rings. The molecule has 0 aliphatic carbocycles. The summed E-state index contributed by atoms with van der Waals surface area (Å²) in [6.07, 6.45) is 3.64. The summed E-state index contributed by atoms with van der Waals surface area (Å²) in [6.45, 7) is 4.09. The molecule has 3 aliphatic heterocycles. The van der Waals surface area contributed by atoms with Gasteiger partial charge in [-0.3, -0.25) is 18.9 Å². The highest BCUT2D eigenvalue weighted by Gasteiger charge is 2.42. The molecule has 0 N–H and O–H groups in total. The lowest BCUT2D eigenvalue weighted by molar-refractivity contribution is -0.123. The minimum absolute atomic E-state index is 0.0459. The van der Waals surface area contributed by atoms with Crippen LogP contribution in [0.5, 0.6) is 0 Å². The van der Waals surface area contributed by atoms with E-state index in [9.17, 15) is 18.0 Å². The second-order valence-electron chi connectivity index (χ2n) is 8.30. The minimum Gasteiger partial charge on any atom is -0.378 e. The molecule has 9 nitrogen and oxygen atoms in total. The molecule has 5 heterocycles. The van der Waals surface area contributed by atoms with E-state index in [2.05, 4.69) is 0 Å². The fraction of sp³-hybridized carbons (Fsp3) is 0.429. The van der Waals surface area contributed by atoms with E-state index >= 15 is 0 Å². The largest absolute Gasteiger partial charge is 0.378 e. The van der Waals surface area contributed by atoms with E-state index in [1.807, 2.05) is 17.9 Å². The normalized spacial score (nSPS) is 24.4. The number of ether oxygens (including phenoxy) is 1. The first-order valence-corrected chi connectivity index (χ1v) is 13.6. The molecule has 1 atom stereocenters. The Labute approximate surface area is 200 Å². The molecule has 1 amide bonds. The number of fused-ring (bicyclic) bond motifs is 1. The Morgan fingerprint density at radius 1 is 1.24 bits per heavy atom. The molecule has 0 aromatic carbocycles. The van der Waals surface area contributed by atoms with Crippen molar-refractivity contribution in [3.05, 3.63) is 44.7 Å². The second kappa shape index (κ2) is 8.49. The second-order valence-corrected chi connectivity index (χ2v) is 12.2. The van der Waals surface area contributed by atoms with Gasteiger partial charge in [0.2, 0.25) is 0 Å². The predicted molar refractivity (Wildman–Crippen MR) is 131 cm³/mol. The predicted octanol–water partition coefficient (Wildman–Crippen LogP) is 1.23. The molecule has 33 heavy (non-hydrogen) atoms. The number of anilines is 1. The Morgan fingerprint density at radius 3 is 2.70 bits per heavy atom. The molecule has 0 saturated carbocycles. The monoisotopic (exact) mass is 506 g/mol. The number of pyridine rings is 1. The number of aryl methyl sites for hydroxylation is 1. The molecule has 2 aromatic rings. The number of hydrogen-bond donors (Lipinski definition) is 0. The minimum atomic E-state index is -3.18. The van der Waals surface area contributed by atoms with Gasteiger partial charge in [0.25, 0.3) is 11.5 Å². The Hall–Kier alpha value is -2.28. The van der Waals surface area contributed by atoms with Crippen molar-refractivity contribution < 1.29 is 17.9 Å². The van der Waals surface area contributed by atoms with Crippen LogP contribution < -0.4 is 10.5 Å². The van der Waals surface area contributed by atoms with Crippen LogP contribution in [0.3, 0.4) is 0 Å². The zero-order valence-electron chi connectivity index (χ0n) is 17.9. The maximum atomic E-state index is 13.5. The third-order valence-corrected chi connectivity index (χ3v) is 9.05. The number of morpholine rings is 1. The molecule has 1 unspecified atom stereocenters. The van der Waals surface area contributed by atoms with E-state index in [1.54, 1.807) is 18.3 Å². The first-order chi connectivity index (χ1) is 15.7. The summed E-state index contributed by atoms with van der Waals surface area (Å²) in [7, 11) is -3.18. The average molecular weight is 507 g/mol. The van der Waals surface area contributed by atoms with E-state index in [0.29, 0.717) is 59.0 Å². The number of carbonyl (C=O) groups is 1. The van der Waals surface area contributed by atoms with Gasteiger partial charge in [-0.2, -0.15) is 0 Å². The maximum Gasteiger partial charge on any atom is 0.267 e. The summed E-state index contributed by atoms with van der Waals surface area (Å²) in [5.74, 6) is 0.0877. The number of hydrogen-bond acceptors (Lipinski definition) is 9. The summed E-state index contributed by atoms with van der Waals surface area (Å²) in [5.41, 5.74) is 1.46. The Balaban J connectivity index is 1.60. The first kappa shape index (κ1) is 22.5. The van der Waals surface area contributed by atoms with Crippen LogP contribution in [0.15, 0.2) is 28.0 Å². The highest BCUT2D eigenvalue weighted by molar-refractivity contribution is 8.26. The zero-order valence-corrected chi connectivity index (χ0v) is 20.3. The van der Waals surface area contributed by atoms with Gasteiger partial charge in [-0.25, -0.2) is 13.4 Å². The fourth-order valence-electron chi connectivity index (χ4n) is 4.29. The van der Waals surface area contributed by atoms with Crippen molar-refractivity contribution in [1.82, 2.24) is 14.3 Å². The van der Waals surface area contributed by atoms with E-state index in [0.717, 1.165) is 17.3 Å². The summed E-state index contributed by atoms with van der Waals surface area (Å²) >= 11 is 6.51. The van der Waals surface area contributed by atoms with Crippen molar-refractivity contribution in [2.75, 3.05) is 42.7 Å². The molecular formula is C21H22N4O5S3. The molecule has 3 fully saturated rings. The van der Waals surface area contributed by atoms with Crippen molar-refractivity contribution in [3.63, 3.8) is 0 Å². The zero-order chi connectivity index (χ0) is 23.3. The van der Waals surface area contributed by atoms with Crippen LogP contribution in [0, 0.1) is 6.92 Å². The Kier molecular flexibility index (Phi) is 5.79. The summed E-state index contributed by atoms with van der Waals surface area (Å²) in [4.78, 5) is 35.2. The van der Waals surface area contributed by atoms with Crippen LogP contribution in [0.2, 0.25) is 0 Å². The lowest BCUT2D eigenvalue weighted by Crippen LogP contribution is -2.39. The number of sulfone groups is 1. The van der Waals surface area contributed by atoms with Gasteiger partial charge < -0.3 is 9.64 Å². The smallest absolute Gasteiger partial charge is 0.267 e. The van der Waals surface area contributed by atoms with E-state index in [4.69, 9.17) is 21.9 Å². The van der Waals surface area contributed by atoms with Crippen LogP contribution in [-0.2, 0) is 19.4 Å². The van der Waals surface area contributed by atoms with E-state index in [1.165, 1.54) is 9.30 Å². The van der Waals surface area contributed by atoms with Crippen molar-refractivity contribution in [2.45, 2.75) is 19.4 Å². The molecule has 0 spiro atoms. The van der Waals surface area contributed by atoms with Gasteiger partial charge in [0, 0.05) is 19.3 Å². The molecule has 2 aromatic heterocycles. The average Bonchev–Trinajstić information content (AvgIpc) is 3.28. The maximum absolute atomic E-state index is 13.5. The molecule has 3 saturated heterocycles. The molecule has 0 radical (unpaired) electrons. The fourth-order valence-corrected chi connectivity index (χ4v) is 7.38. The quantitative estimate of drug-likeness (QED) is 0.449. The SMILES string of the molecule is Cc1ccc2nc(N3CCOCC3)c(/C=C3/SC(=S)N(C4CCS(=O)(=O)C4)C3=O)c(=O)n2c1. The molecule has 12 heteroatoms. The molecule has 0 bridgehead atoms. The van der Waals surface area contributed by atoms with Gasteiger partial charge in [0.1, 0.15) is 15.8 Å². The Morgan fingerprint density at radius 2 is 2.00 bits per heavy atom. The van der Waals surface area contributed by atoms with Crippen molar-refractivity contribution >= 4 is 61.6 Å². The van der Waals surface area contributed by atoms with Gasteiger partial charge in [0.05, 0.1) is 41.2 Å². The van der Waals surface area contributed by atoms with Crippen LogP contribution in [0.25, 0.3) is 11.7 Å². The third kappa shape index (κ3) is 4.20. The van der Waals surface area contributed by atoms with Gasteiger partial charge in [-0.1, -0.05) is 30.0 Å². The van der Waals surface area contributed by atoms with Crippen LogP contribution in [0.4, 0.5) is 5.82 Å². The van der Waals surface area contributed by atoms with Crippen LogP contribution in [0.1, 0.15) is 17.5 Å². The van der Waals surface area contributed by atoms with Crippen molar-refractivity contribution in [3.8, 4) is 0 Å². The van der Waals surface area contributed by atoms with Crippen LogP contribution in [-0.4, -0.2) is 76.8 Å². The summed E-state index contributed by atoms with van der Waals surface area (Å²) in [6, 6.07) is 3.22. The number of aromatic nitrogens is 2. The van der Waals surface area contributed by atoms with Crippen LogP contribution >= 0.6 is 24.0 Å². The number of amides is 1. The Bertz CT molecular complexity index is 1360. The highest BCUT2D eigenvalue weighted by atomic mass is 32.2. The summed E-state index contributed by atoms with van der Waals surface area (Å²) < 4.78 is 31.1. The summed E-state index contributed by atoms with van der Waals surface area (Å²) in [5, 5.41) is 0. The number of carbonyl (C=O) groups excluding carboxylic acids is 1. The molecule has 174 valence electrons. The number of nitrogens with zero attached hydrogens (tertiary/aromatic N) is 4. The van der Waals surface area contributed by atoms with Gasteiger partial charge in [-0.05, 0) is 31.1 Å². The van der Waals surface area contributed by atoms with Gasteiger partial charge in [-0.15, -0.1) is 0 Å². The van der Waals surface area contributed by atoms with Gasteiger partial charge >= 0.3 is 0 Å². The van der Waals surface area contributed by atoms with Gasteiger partial charge in [0.15, 0.2) is 9.84 Å². The molecule has 5 rings (SSSR count). The van der Waals surface area contributed by atoms with E-state index < -0.39 is 15.9 Å². The lowest BCUT2D eigenvalue weighted by atomic mass is 10.2. The molecular weight excluding hydrogens is 484 g/mol. The lowest BCUT2D eigenvalue weighted by Gasteiger charge is -2.29. The standard InChI is InChI=1S/C21H22N4O5S3/c1-13-2-3-17-22-18(23-5-7-30-8-6-23)15(19(26)24(17)11-13)10-16-20(27)25(21(31)32-16)14-4-9-33(28,29)12-14/h2-3,10-11,14H,4-9,12H2,1H3/b16-10+. The van der Waals surface area contributed by atoms with Crippen molar-refractivity contribution in [1.29, 1.82) is 0 Å². The number of thiocarbonyl (C=S) groups is 1. The number of thioether (sulfide) groups is 1. The third-order valence-electron chi connectivity index (χ3n) is 5.97. The van der Waals surface area contributed by atoms with Crippen molar-refractivity contribution in [2.24, 2.45) is 0 Å². The van der Waals surface area contributed by atoms with E-state index in [-0.39, 0.29) is 23.0 Å². The first-order valence-electron chi connectivity index (χ1n) is 10.6.